The van der Waals surface area contributed by atoms with E-state index in [2.05, 4.69) is 175 Å². The molecule has 9 rings (SSSR count). The lowest BCUT2D eigenvalue weighted by atomic mass is 9.43. The molecule has 7 aromatic rings. The van der Waals surface area contributed by atoms with Gasteiger partial charge in [0, 0.05) is 38.6 Å². The van der Waals surface area contributed by atoms with Gasteiger partial charge < -0.3 is 9.71 Å². The summed E-state index contributed by atoms with van der Waals surface area (Å²) in [5.74, 6) is 0. The highest BCUT2D eigenvalue weighted by atomic mass is 32.1. The fraction of sp³-hybridized carbons (Fsp3) is 0.0952. The monoisotopic (exact) mass is 608 g/mol. The standard InChI is InChI=1S/C42H33BN2S/c1-42(2,3)30-20-22-31(23-21-30)45-36-17-9-7-14-32(36)33-15-11-19-38-41(33)43(45)35-16-8-10-18-37(35)44(38)39-27-40-29(24-25-46-40)26-34(39)28-12-5-4-6-13-28/h4-27H,1-3H3. The molecule has 46 heavy (non-hydrogen) atoms. The molecular formula is C42H33BN2S. The van der Waals surface area contributed by atoms with Crippen molar-refractivity contribution < 1.29 is 0 Å². The Labute approximate surface area is 275 Å². The molecule has 3 heterocycles. The minimum absolute atomic E-state index is 0.0275. The molecule has 0 saturated carbocycles. The van der Waals surface area contributed by atoms with Crippen molar-refractivity contribution >= 4 is 67.6 Å². The molecule has 0 fully saturated rings. The van der Waals surface area contributed by atoms with Crippen LogP contribution in [0.3, 0.4) is 0 Å². The molecule has 2 aliphatic heterocycles. The van der Waals surface area contributed by atoms with Crippen LogP contribution in [0.5, 0.6) is 0 Å². The van der Waals surface area contributed by atoms with Crippen LogP contribution < -0.4 is 20.6 Å². The maximum atomic E-state index is 2.57. The molecule has 6 aromatic carbocycles. The average molecular weight is 609 g/mol. The molecule has 220 valence electrons. The van der Waals surface area contributed by atoms with E-state index in [9.17, 15) is 0 Å². The van der Waals surface area contributed by atoms with Gasteiger partial charge in [-0.1, -0.05) is 112 Å². The molecule has 0 N–H and O–H groups in total. The van der Waals surface area contributed by atoms with Gasteiger partial charge in [-0.25, -0.2) is 0 Å². The SMILES string of the molecule is CC(C)(C)c1ccc(N2B3c4ccccc4N(c4cc5sccc5cc4-c4ccccc4)c4cccc(c43)-c3ccccc32)cc1. The molecule has 0 saturated heterocycles. The molecule has 4 heteroatoms. The molecular weight excluding hydrogens is 575 g/mol. The molecule has 1 aromatic heterocycles. The third kappa shape index (κ3) is 4.10. The van der Waals surface area contributed by atoms with E-state index in [0.29, 0.717) is 0 Å². The van der Waals surface area contributed by atoms with Crippen LogP contribution in [0.15, 0.2) is 145 Å². The van der Waals surface area contributed by atoms with Gasteiger partial charge in [0.2, 0.25) is 0 Å². The normalized spacial score (nSPS) is 13.4. The number of hydrogen-bond donors (Lipinski definition) is 0. The number of hydrogen-bond acceptors (Lipinski definition) is 3. The van der Waals surface area contributed by atoms with Crippen LogP contribution in [0.4, 0.5) is 28.4 Å². The van der Waals surface area contributed by atoms with Gasteiger partial charge in [-0.2, -0.15) is 0 Å². The maximum absolute atomic E-state index is 2.57. The summed E-state index contributed by atoms with van der Waals surface area (Å²) in [4.78, 5) is 5.10. The van der Waals surface area contributed by atoms with Crippen molar-refractivity contribution in [2.45, 2.75) is 26.2 Å². The molecule has 0 atom stereocenters. The minimum atomic E-state index is 0.0275. The summed E-state index contributed by atoms with van der Waals surface area (Å²) in [5, 5.41) is 3.48. The zero-order valence-electron chi connectivity index (χ0n) is 26.2. The summed E-state index contributed by atoms with van der Waals surface area (Å²) in [5.41, 5.74) is 15.3. The fourth-order valence-electron chi connectivity index (χ4n) is 7.50. The first-order valence-electron chi connectivity index (χ1n) is 16.1. The van der Waals surface area contributed by atoms with Gasteiger partial charge in [0.15, 0.2) is 0 Å². The van der Waals surface area contributed by atoms with Crippen molar-refractivity contribution in [1.82, 2.24) is 0 Å². The molecule has 0 unspecified atom stereocenters. The van der Waals surface area contributed by atoms with E-state index in [1.165, 1.54) is 77.3 Å². The Kier molecular flexibility index (Phi) is 6.07. The highest BCUT2D eigenvalue weighted by Gasteiger charge is 2.44. The van der Waals surface area contributed by atoms with E-state index in [-0.39, 0.29) is 12.3 Å². The topological polar surface area (TPSA) is 6.48 Å². The zero-order valence-corrected chi connectivity index (χ0v) is 27.1. The summed E-state index contributed by atoms with van der Waals surface area (Å²) in [6, 6.07) is 51.9. The Morgan fingerprint density at radius 1 is 0.565 bits per heavy atom. The number of thiophene rings is 1. The summed E-state index contributed by atoms with van der Waals surface area (Å²) < 4.78 is 1.30. The van der Waals surface area contributed by atoms with Gasteiger partial charge in [0.05, 0.1) is 5.69 Å². The third-order valence-electron chi connectivity index (χ3n) is 9.69. The molecule has 0 spiro atoms. The number of benzene rings is 6. The molecule has 0 bridgehead atoms. The molecule has 0 radical (unpaired) electrons. The maximum Gasteiger partial charge on any atom is 0.333 e. The van der Waals surface area contributed by atoms with Crippen LogP contribution in [0.1, 0.15) is 26.3 Å². The molecule has 0 amide bonds. The first-order valence-corrected chi connectivity index (χ1v) is 16.9. The van der Waals surface area contributed by atoms with Gasteiger partial charge in [0.1, 0.15) is 0 Å². The fourth-order valence-corrected chi connectivity index (χ4v) is 8.30. The second kappa shape index (κ2) is 10.2. The second-order valence-electron chi connectivity index (χ2n) is 13.4. The smallest absolute Gasteiger partial charge is 0.333 e. The van der Waals surface area contributed by atoms with Gasteiger partial charge in [-0.15, -0.1) is 11.3 Å². The number of nitrogens with zero attached hydrogens (tertiary/aromatic N) is 2. The van der Waals surface area contributed by atoms with Gasteiger partial charge in [0.25, 0.3) is 0 Å². The molecule has 2 nitrogen and oxygen atoms in total. The van der Waals surface area contributed by atoms with Crippen molar-refractivity contribution in [2.24, 2.45) is 0 Å². The van der Waals surface area contributed by atoms with Crippen molar-refractivity contribution in [3.05, 3.63) is 150 Å². The molecule has 0 aliphatic carbocycles. The third-order valence-corrected chi connectivity index (χ3v) is 10.6. The Balaban J connectivity index is 1.34. The highest BCUT2D eigenvalue weighted by Crippen LogP contribution is 2.49. The van der Waals surface area contributed by atoms with E-state index >= 15 is 0 Å². The number of fused-ring (bicyclic) bond motifs is 5. The van der Waals surface area contributed by atoms with Crippen molar-refractivity contribution in [3.63, 3.8) is 0 Å². The molecule has 2 aliphatic rings. The quantitative estimate of drug-likeness (QED) is 0.184. The Bertz CT molecular complexity index is 2260. The summed E-state index contributed by atoms with van der Waals surface area (Å²) in [7, 11) is 0. The average Bonchev–Trinajstić information content (AvgIpc) is 3.56. The summed E-state index contributed by atoms with van der Waals surface area (Å²) >= 11 is 1.81. The van der Waals surface area contributed by atoms with Crippen LogP contribution in [0, 0.1) is 0 Å². The largest absolute Gasteiger partial charge is 0.376 e. The predicted octanol–water partition coefficient (Wildman–Crippen LogP) is 10.6. The first kappa shape index (κ1) is 27.3. The van der Waals surface area contributed by atoms with E-state index in [0.717, 1.165) is 0 Å². The van der Waals surface area contributed by atoms with Crippen LogP contribution >= 0.6 is 11.3 Å². The van der Waals surface area contributed by atoms with E-state index in [1.54, 1.807) is 0 Å². The number of rotatable bonds is 3. The summed E-state index contributed by atoms with van der Waals surface area (Å²) in [6.07, 6.45) is 0. The van der Waals surface area contributed by atoms with Gasteiger partial charge in [-0.3, -0.25) is 0 Å². The predicted molar refractivity (Wildman–Crippen MR) is 200 cm³/mol. The van der Waals surface area contributed by atoms with Crippen molar-refractivity contribution in [3.8, 4) is 22.3 Å². The lowest BCUT2D eigenvalue weighted by molar-refractivity contribution is 0.590. The lowest BCUT2D eigenvalue weighted by Gasteiger charge is -2.46. The first-order chi connectivity index (χ1) is 22.5. The summed E-state index contributed by atoms with van der Waals surface area (Å²) in [6.45, 7) is 6.87. The Morgan fingerprint density at radius 3 is 2.07 bits per heavy atom. The lowest BCUT2D eigenvalue weighted by Crippen LogP contribution is -2.61. The van der Waals surface area contributed by atoms with Gasteiger partial charge >= 0.3 is 6.85 Å². The number of anilines is 5. The minimum Gasteiger partial charge on any atom is -0.376 e. The Hall–Kier alpha value is -5.06. The number of para-hydroxylation sites is 2. The van der Waals surface area contributed by atoms with Crippen LogP contribution in [0.25, 0.3) is 32.3 Å². The van der Waals surface area contributed by atoms with Crippen LogP contribution in [-0.4, -0.2) is 6.85 Å². The van der Waals surface area contributed by atoms with Crippen molar-refractivity contribution in [2.75, 3.05) is 9.71 Å². The Morgan fingerprint density at radius 2 is 1.26 bits per heavy atom. The van der Waals surface area contributed by atoms with Crippen molar-refractivity contribution in [1.29, 1.82) is 0 Å². The van der Waals surface area contributed by atoms with E-state index in [4.69, 9.17) is 0 Å². The zero-order chi connectivity index (χ0) is 31.0. The van der Waals surface area contributed by atoms with E-state index < -0.39 is 0 Å². The van der Waals surface area contributed by atoms with Gasteiger partial charge in [-0.05, 0) is 92.3 Å². The van der Waals surface area contributed by atoms with E-state index in [1.807, 2.05) is 11.3 Å². The van der Waals surface area contributed by atoms with Crippen LogP contribution in [0.2, 0.25) is 0 Å². The van der Waals surface area contributed by atoms with Crippen LogP contribution in [-0.2, 0) is 5.41 Å². The second-order valence-corrected chi connectivity index (χ2v) is 14.4. The highest BCUT2D eigenvalue weighted by molar-refractivity contribution is 7.17.